The predicted octanol–water partition coefficient (Wildman–Crippen LogP) is 2.38. The second kappa shape index (κ2) is 7.60. The van der Waals surface area contributed by atoms with Crippen LogP contribution >= 0.6 is 0 Å². The zero-order valence-electron chi connectivity index (χ0n) is 15.7. The Morgan fingerprint density at radius 2 is 1.81 bits per heavy atom. The van der Waals surface area contributed by atoms with E-state index >= 15 is 0 Å². The molecule has 6 heteroatoms. The highest BCUT2D eigenvalue weighted by molar-refractivity contribution is 5.89. The molecule has 4 rings (SSSR count). The highest BCUT2D eigenvalue weighted by Crippen LogP contribution is 2.42. The molecule has 1 spiro atoms. The first-order valence-corrected chi connectivity index (χ1v) is 10.1. The Morgan fingerprint density at radius 3 is 2.56 bits per heavy atom. The molecule has 1 aromatic carbocycles. The van der Waals surface area contributed by atoms with Crippen LogP contribution in [0, 0.1) is 5.41 Å². The van der Waals surface area contributed by atoms with Gasteiger partial charge in [0.15, 0.2) is 0 Å². The van der Waals surface area contributed by atoms with Crippen LogP contribution in [0.15, 0.2) is 30.3 Å². The van der Waals surface area contributed by atoms with Gasteiger partial charge in [0.25, 0.3) is 0 Å². The van der Waals surface area contributed by atoms with E-state index in [1.165, 1.54) is 0 Å². The Bertz CT molecular complexity index is 687. The fraction of sp³-hybridized carbons (Fsp3) is 0.619. The Hall–Kier alpha value is -1.92. The van der Waals surface area contributed by atoms with Crippen LogP contribution in [-0.4, -0.2) is 58.7 Å². The number of aliphatic hydroxyl groups is 1. The number of nitrogens with zero attached hydrogens (tertiary/aromatic N) is 2. The number of rotatable bonds is 3. The summed E-state index contributed by atoms with van der Waals surface area (Å²) in [5.41, 5.74) is 0.0999. The first kappa shape index (κ1) is 18.4. The average molecular weight is 372 g/mol. The average Bonchev–Trinajstić information content (AvgIpc) is 2.99. The van der Waals surface area contributed by atoms with Crippen molar-refractivity contribution < 1.29 is 19.5 Å². The maximum absolute atomic E-state index is 13.3. The number of amides is 1. The highest BCUT2D eigenvalue weighted by Gasteiger charge is 2.51. The number of carbonyl (C=O) groups is 2. The zero-order chi connectivity index (χ0) is 18.9. The lowest BCUT2D eigenvalue weighted by Crippen LogP contribution is -2.50. The summed E-state index contributed by atoms with van der Waals surface area (Å²) in [6, 6.07) is 9.22. The lowest BCUT2D eigenvalue weighted by Gasteiger charge is -2.39. The van der Waals surface area contributed by atoms with Gasteiger partial charge in [0.05, 0.1) is 17.1 Å². The summed E-state index contributed by atoms with van der Waals surface area (Å²) < 4.78 is 0. The van der Waals surface area contributed by atoms with E-state index in [9.17, 15) is 14.7 Å². The smallest absolute Gasteiger partial charge is 0.357 e. The molecule has 2 heterocycles. The molecular weight excluding hydrogens is 344 g/mol. The molecule has 0 radical (unpaired) electrons. The Morgan fingerprint density at radius 1 is 1.07 bits per heavy atom. The van der Waals surface area contributed by atoms with Crippen LogP contribution in [-0.2, 0) is 9.63 Å². The largest absolute Gasteiger partial charge is 0.393 e. The second-order valence-corrected chi connectivity index (χ2v) is 8.20. The third-order valence-corrected chi connectivity index (χ3v) is 6.42. The summed E-state index contributed by atoms with van der Waals surface area (Å²) in [5.74, 6) is -0.152. The van der Waals surface area contributed by atoms with Gasteiger partial charge in [0, 0.05) is 25.7 Å². The number of piperidine rings is 1. The topological polar surface area (TPSA) is 70.1 Å². The summed E-state index contributed by atoms with van der Waals surface area (Å²) in [7, 11) is 0. The van der Waals surface area contributed by atoms with Crippen molar-refractivity contribution in [2.24, 2.45) is 5.41 Å². The molecule has 1 N–H and O–H groups in total. The van der Waals surface area contributed by atoms with Crippen molar-refractivity contribution in [3.63, 3.8) is 0 Å². The molecule has 1 amide bonds. The molecule has 6 nitrogen and oxygen atoms in total. The molecule has 3 aliphatic rings. The fourth-order valence-corrected chi connectivity index (χ4v) is 4.86. The van der Waals surface area contributed by atoms with Crippen LogP contribution < -0.4 is 0 Å². The van der Waals surface area contributed by atoms with E-state index in [0.29, 0.717) is 18.7 Å². The first-order chi connectivity index (χ1) is 13.1. The number of hydrogen-bond donors (Lipinski definition) is 1. The van der Waals surface area contributed by atoms with Crippen molar-refractivity contribution in [2.75, 3.05) is 19.6 Å². The lowest BCUT2D eigenvalue weighted by atomic mass is 9.79. The van der Waals surface area contributed by atoms with Gasteiger partial charge in [-0.25, -0.2) is 4.79 Å². The molecule has 0 aromatic heterocycles. The maximum atomic E-state index is 13.3. The van der Waals surface area contributed by atoms with Gasteiger partial charge >= 0.3 is 5.97 Å². The van der Waals surface area contributed by atoms with Crippen molar-refractivity contribution in [3.05, 3.63) is 35.9 Å². The van der Waals surface area contributed by atoms with Crippen LogP contribution in [0.5, 0.6) is 0 Å². The standard InChI is InChI=1S/C21H28N2O4/c24-18-9-7-17(8-10-18)23-14-12-21(20(23)26)11-4-13-22(15-21)27-19(25)16-5-2-1-3-6-16/h1-3,5-6,17-18,24H,4,7-15H2. The zero-order valence-corrected chi connectivity index (χ0v) is 15.7. The van der Waals surface area contributed by atoms with Crippen molar-refractivity contribution >= 4 is 11.9 Å². The number of hydrogen-bond acceptors (Lipinski definition) is 5. The van der Waals surface area contributed by atoms with Crippen LogP contribution in [0.1, 0.15) is 55.3 Å². The van der Waals surface area contributed by atoms with Gasteiger partial charge in [0.1, 0.15) is 0 Å². The molecule has 1 unspecified atom stereocenters. The second-order valence-electron chi connectivity index (χ2n) is 8.20. The van der Waals surface area contributed by atoms with E-state index in [2.05, 4.69) is 0 Å². The van der Waals surface area contributed by atoms with Gasteiger partial charge in [0.2, 0.25) is 5.91 Å². The normalized spacial score (nSPS) is 32.0. The molecular formula is C21H28N2O4. The number of benzene rings is 1. The third kappa shape index (κ3) is 3.73. The molecule has 27 heavy (non-hydrogen) atoms. The Labute approximate surface area is 160 Å². The Balaban J connectivity index is 1.40. The molecule has 3 fully saturated rings. The molecule has 146 valence electrons. The monoisotopic (exact) mass is 372 g/mol. The minimum absolute atomic E-state index is 0.212. The van der Waals surface area contributed by atoms with Crippen molar-refractivity contribution in [3.8, 4) is 0 Å². The third-order valence-electron chi connectivity index (χ3n) is 6.42. The number of hydroxylamine groups is 2. The molecule has 1 saturated carbocycles. The quantitative estimate of drug-likeness (QED) is 0.882. The molecule has 2 saturated heterocycles. The van der Waals surface area contributed by atoms with E-state index in [1.807, 2.05) is 23.1 Å². The van der Waals surface area contributed by atoms with Crippen molar-refractivity contribution in [2.45, 2.75) is 57.1 Å². The minimum atomic E-state index is -0.425. The van der Waals surface area contributed by atoms with E-state index in [4.69, 9.17) is 4.84 Å². The number of aliphatic hydroxyl groups excluding tert-OH is 1. The van der Waals surface area contributed by atoms with Gasteiger partial charge in [-0.2, -0.15) is 0 Å². The van der Waals surface area contributed by atoms with Crippen LogP contribution in [0.2, 0.25) is 0 Å². The van der Waals surface area contributed by atoms with Crippen LogP contribution in [0.25, 0.3) is 0 Å². The molecule has 0 bridgehead atoms. The van der Waals surface area contributed by atoms with Gasteiger partial charge in [-0.3, -0.25) is 4.79 Å². The first-order valence-electron chi connectivity index (χ1n) is 10.1. The minimum Gasteiger partial charge on any atom is -0.393 e. The van der Waals surface area contributed by atoms with Crippen LogP contribution in [0.4, 0.5) is 0 Å². The summed E-state index contributed by atoms with van der Waals surface area (Å²) in [6.45, 7) is 1.93. The van der Waals surface area contributed by atoms with E-state index < -0.39 is 5.41 Å². The predicted molar refractivity (Wildman–Crippen MR) is 99.7 cm³/mol. The molecule has 1 aromatic rings. The number of likely N-dealkylation sites (tertiary alicyclic amines) is 1. The molecule has 1 atom stereocenters. The highest BCUT2D eigenvalue weighted by atomic mass is 16.7. The van der Waals surface area contributed by atoms with Gasteiger partial charge in [-0.1, -0.05) is 18.2 Å². The fourth-order valence-electron chi connectivity index (χ4n) is 4.86. The summed E-state index contributed by atoms with van der Waals surface area (Å²) >= 11 is 0. The summed E-state index contributed by atoms with van der Waals surface area (Å²) in [6.07, 6.45) is 5.65. The lowest BCUT2D eigenvalue weighted by molar-refractivity contribution is -0.164. The van der Waals surface area contributed by atoms with Gasteiger partial charge in [-0.15, -0.1) is 5.06 Å². The number of carbonyl (C=O) groups excluding carboxylic acids is 2. The van der Waals surface area contributed by atoms with Gasteiger partial charge in [-0.05, 0) is 57.1 Å². The summed E-state index contributed by atoms with van der Waals surface area (Å²) in [5, 5.41) is 11.4. The van der Waals surface area contributed by atoms with Crippen molar-refractivity contribution in [1.29, 1.82) is 0 Å². The van der Waals surface area contributed by atoms with Crippen LogP contribution in [0.3, 0.4) is 0 Å². The molecule has 2 aliphatic heterocycles. The van der Waals surface area contributed by atoms with E-state index in [1.54, 1.807) is 17.2 Å². The Kier molecular flexibility index (Phi) is 5.19. The van der Waals surface area contributed by atoms with E-state index in [-0.39, 0.29) is 24.0 Å². The summed E-state index contributed by atoms with van der Waals surface area (Å²) in [4.78, 5) is 33.3. The SMILES string of the molecule is O=C(ON1CCCC2(CCN(C3CCC(O)CC3)C2=O)C1)c1ccccc1. The van der Waals surface area contributed by atoms with Crippen molar-refractivity contribution in [1.82, 2.24) is 9.96 Å². The van der Waals surface area contributed by atoms with E-state index in [0.717, 1.165) is 51.5 Å². The molecule has 1 aliphatic carbocycles. The maximum Gasteiger partial charge on any atom is 0.357 e. The van der Waals surface area contributed by atoms with Gasteiger partial charge < -0.3 is 14.8 Å².